The first-order valence-electron chi connectivity index (χ1n) is 7.70. The molecule has 0 atom stereocenters. The van der Waals surface area contributed by atoms with Gasteiger partial charge in [-0.1, -0.05) is 31.5 Å². The number of aliphatic imine (C=N–C) groups is 1. The maximum atomic E-state index is 13.2. The number of hydrogen-bond donors (Lipinski definition) is 2. The van der Waals surface area contributed by atoms with E-state index in [1.807, 2.05) is 31.6 Å². The molecule has 0 unspecified atom stereocenters. The maximum absolute atomic E-state index is 13.2. The van der Waals surface area contributed by atoms with Crippen molar-refractivity contribution in [2.24, 2.45) is 12.0 Å². The molecule has 1 heterocycles. The minimum Gasteiger partial charge on any atom is -0.356 e. The van der Waals surface area contributed by atoms with Gasteiger partial charge in [-0.25, -0.2) is 4.39 Å². The van der Waals surface area contributed by atoms with E-state index in [1.54, 1.807) is 19.3 Å². The van der Waals surface area contributed by atoms with Crippen LogP contribution in [0.5, 0.6) is 0 Å². The van der Waals surface area contributed by atoms with Crippen molar-refractivity contribution in [1.29, 1.82) is 0 Å². The Morgan fingerprint density at radius 1 is 1.33 bits per heavy atom. The summed E-state index contributed by atoms with van der Waals surface area (Å²) in [6, 6.07) is 6.44. The van der Waals surface area contributed by atoms with Gasteiger partial charge < -0.3 is 10.6 Å². The number of halogens is 2. The van der Waals surface area contributed by atoms with Crippen LogP contribution in [0, 0.1) is 5.82 Å². The fourth-order valence-corrected chi connectivity index (χ4v) is 2.83. The largest absolute Gasteiger partial charge is 0.356 e. The molecule has 0 spiro atoms. The van der Waals surface area contributed by atoms with Gasteiger partial charge in [-0.2, -0.15) is 5.10 Å². The van der Waals surface area contributed by atoms with Crippen molar-refractivity contribution in [3.63, 3.8) is 0 Å². The van der Waals surface area contributed by atoms with Gasteiger partial charge in [0.2, 0.25) is 0 Å². The molecule has 1 aromatic heterocycles. The first-order chi connectivity index (χ1) is 11.3. The molecular formula is C17H23ClFN5. The van der Waals surface area contributed by atoms with E-state index in [0.29, 0.717) is 24.1 Å². The second-order valence-electron chi connectivity index (χ2n) is 6.23. The van der Waals surface area contributed by atoms with Gasteiger partial charge in [-0.05, 0) is 23.8 Å². The van der Waals surface area contributed by atoms with Crippen LogP contribution >= 0.6 is 11.6 Å². The highest BCUT2D eigenvalue weighted by Gasteiger charge is 2.24. The third kappa shape index (κ3) is 4.47. The molecular weight excluding hydrogens is 329 g/mol. The second-order valence-corrected chi connectivity index (χ2v) is 6.64. The summed E-state index contributed by atoms with van der Waals surface area (Å²) in [5.74, 6) is 0.351. The van der Waals surface area contributed by atoms with Gasteiger partial charge in [-0.15, -0.1) is 0 Å². The summed E-state index contributed by atoms with van der Waals surface area (Å²) in [5.41, 5.74) is 1.66. The smallest absolute Gasteiger partial charge is 0.191 e. The summed E-state index contributed by atoms with van der Waals surface area (Å²) in [7, 11) is 3.61. The number of aromatic nitrogens is 2. The molecule has 0 bridgehead atoms. The Morgan fingerprint density at radius 3 is 2.67 bits per heavy atom. The second kappa shape index (κ2) is 7.66. The fraction of sp³-hybridized carbons (Fsp3) is 0.412. The molecule has 1 aromatic carbocycles. The Bertz CT molecular complexity index is 724. The van der Waals surface area contributed by atoms with Gasteiger partial charge in [0.25, 0.3) is 0 Å². The Balaban J connectivity index is 1.97. The molecule has 0 aliphatic rings. The number of hydrogen-bond acceptors (Lipinski definition) is 2. The lowest BCUT2D eigenvalue weighted by atomic mass is 9.84. The van der Waals surface area contributed by atoms with Crippen LogP contribution in [0.1, 0.15) is 25.1 Å². The van der Waals surface area contributed by atoms with Crippen molar-refractivity contribution in [2.75, 3.05) is 13.6 Å². The van der Waals surface area contributed by atoms with Crippen molar-refractivity contribution >= 4 is 17.6 Å². The fourth-order valence-electron chi connectivity index (χ4n) is 2.41. The van der Waals surface area contributed by atoms with Crippen LogP contribution in [0.4, 0.5) is 4.39 Å². The molecule has 5 nitrogen and oxygen atoms in total. The molecule has 0 saturated carbocycles. The van der Waals surface area contributed by atoms with E-state index in [0.717, 1.165) is 11.3 Å². The van der Waals surface area contributed by atoms with Crippen molar-refractivity contribution in [2.45, 2.75) is 25.8 Å². The van der Waals surface area contributed by atoms with E-state index in [2.05, 4.69) is 20.7 Å². The van der Waals surface area contributed by atoms with Gasteiger partial charge in [-0.3, -0.25) is 9.67 Å². The number of aryl methyl sites for hydroxylation is 1. The Morgan fingerprint density at radius 2 is 2.08 bits per heavy atom. The molecule has 0 aliphatic carbocycles. The molecule has 0 radical (unpaired) electrons. The summed E-state index contributed by atoms with van der Waals surface area (Å²) < 4.78 is 15.0. The monoisotopic (exact) mass is 351 g/mol. The molecule has 2 aromatic rings. The van der Waals surface area contributed by atoms with Crippen molar-refractivity contribution in [3.05, 3.63) is 52.6 Å². The zero-order chi connectivity index (χ0) is 17.7. The van der Waals surface area contributed by atoms with Crippen LogP contribution in [-0.2, 0) is 19.0 Å². The van der Waals surface area contributed by atoms with Gasteiger partial charge in [0.1, 0.15) is 5.82 Å². The molecule has 0 fully saturated rings. The lowest BCUT2D eigenvalue weighted by molar-refractivity contribution is 0.506. The summed E-state index contributed by atoms with van der Waals surface area (Å²) in [6.45, 7) is 5.32. The summed E-state index contributed by atoms with van der Waals surface area (Å²) in [6.07, 6.45) is 1.76. The molecule has 7 heteroatoms. The van der Waals surface area contributed by atoms with E-state index < -0.39 is 0 Å². The van der Waals surface area contributed by atoms with Crippen molar-refractivity contribution in [1.82, 2.24) is 20.4 Å². The van der Waals surface area contributed by atoms with Gasteiger partial charge in [0.05, 0.1) is 12.2 Å². The zero-order valence-electron chi connectivity index (χ0n) is 14.4. The summed E-state index contributed by atoms with van der Waals surface area (Å²) in [5, 5.41) is 11.1. The third-order valence-corrected chi connectivity index (χ3v) is 4.25. The SMILES string of the molecule is CN=C(NCc1ccnn1C)NCC(C)(C)c1ccc(F)cc1Cl. The highest BCUT2D eigenvalue weighted by Crippen LogP contribution is 2.29. The van der Waals surface area contributed by atoms with E-state index in [9.17, 15) is 4.39 Å². The van der Waals surface area contributed by atoms with Crippen LogP contribution in [-0.4, -0.2) is 29.3 Å². The minimum atomic E-state index is -0.332. The molecule has 2 rings (SSSR count). The Labute approximate surface area is 146 Å². The number of guanidine groups is 1. The number of nitrogens with one attached hydrogen (secondary N) is 2. The van der Waals surface area contributed by atoms with Gasteiger partial charge >= 0.3 is 0 Å². The molecule has 24 heavy (non-hydrogen) atoms. The van der Waals surface area contributed by atoms with Crippen LogP contribution in [0.2, 0.25) is 5.02 Å². The van der Waals surface area contributed by atoms with Gasteiger partial charge in [0, 0.05) is 37.3 Å². The third-order valence-electron chi connectivity index (χ3n) is 3.94. The number of rotatable bonds is 5. The molecule has 130 valence electrons. The highest BCUT2D eigenvalue weighted by molar-refractivity contribution is 6.31. The topological polar surface area (TPSA) is 54.2 Å². The molecule has 0 saturated heterocycles. The first-order valence-corrected chi connectivity index (χ1v) is 8.08. The Hall–Kier alpha value is -2.08. The molecule has 2 N–H and O–H groups in total. The van der Waals surface area contributed by atoms with Crippen LogP contribution in [0.15, 0.2) is 35.5 Å². The van der Waals surface area contributed by atoms with Gasteiger partial charge in [0.15, 0.2) is 5.96 Å². The Kier molecular flexibility index (Phi) is 5.83. The lowest BCUT2D eigenvalue weighted by Crippen LogP contribution is -2.43. The van der Waals surface area contributed by atoms with E-state index in [-0.39, 0.29) is 11.2 Å². The number of benzene rings is 1. The lowest BCUT2D eigenvalue weighted by Gasteiger charge is -2.27. The molecule has 0 amide bonds. The molecule has 0 aliphatic heterocycles. The standard InChI is InChI=1S/C17H23ClFN5/c1-17(2,14-6-5-12(19)9-15(14)18)11-22-16(20-3)21-10-13-7-8-23-24(13)4/h5-9H,10-11H2,1-4H3,(H2,20,21,22). The average Bonchev–Trinajstić information content (AvgIpc) is 2.92. The average molecular weight is 352 g/mol. The predicted molar refractivity (Wildman–Crippen MR) is 95.8 cm³/mol. The zero-order valence-corrected chi connectivity index (χ0v) is 15.2. The van der Waals surface area contributed by atoms with Crippen LogP contribution < -0.4 is 10.6 Å². The minimum absolute atomic E-state index is 0.283. The van der Waals surface area contributed by atoms with Crippen molar-refractivity contribution < 1.29 is 4.39 Å². The van der Waals surface area contributed by atoms with E-state index in [4.69, 9.17) is 11.6 Å². The maximum Gasteiger partial charge on any atom is 0.191 e. The number of nitrogens with zero attached hydrogens (tertiary/aromatic N) is 3. The van der Waals surface area contributed by atoms with Crippen LogP contribution in [0.25, 0.3) is 0 Å². The summed E-state index contributed by atoms with van der Waals surface area (Å²) in [4.78, 5) is 4.22. The predicted octanol–water partition coefficient (Wildman–Crippen LogP) is 2.86. The quantitative estimate of drug-likeness (QED) is 0.643. The van der Waals surface area contributed by atoms with Crippen LogP contribution in [0.3, 0.4) is 0 Å². The van der Waals surface area contributed by atoms with Crippen molar-refractivity contribution in [3.8, 4) is 0 Å². The first kappa shape index (κ1) is 18.3. The van der Waals surface area contributed by atoms with E-state index >= 15 is 0 Å². The van der Waals surface area contributed by atoms with E-state index in [1.165, 1.54) is 12.1 Å². The normalized spacial score (nSPS) is 12.3. The summed E-state index contributed by atoms with van der Waals surface area (Å²) >= 11 is 6.19. The highest BCUT2D eigenvalue weighted by atomic mass is 35.5.